The predicted octanol–water partition coefficient (Wildman–Crippen LogP) is 3.18. The number of likely N-dealkylation sites (tertiary alicyclic amines) is 1. The van der Waals surface area contributed by atoms with E-state index in [1.165, 1.54) is 18.4 Å². The van der Waals surface area contributed by atoms with E-state index in [1.807, 2.05) is 36.4 Å². The van der Waals surface area contributed by atoms with Gasteiger partial charge in [0.25, 0.3) is 0 Å². The highest BCUT2D eigenvalue weighted by molar-refractivity contribution is 5.78. The highest BCUT2D eigenvalue weighted by Crippen LogP contribution is 2.18. The van der Waals surface area contributed by atoms with Crippen molar-refractivity contribution in [1.82, 2.24) is 10.2 Å². The van der Waals surface area contributed by atoms with Crippen molar-refractivity contribution in [2.45, 2.75) is 25.3 Å². The Balaban J connectivity index is 1.68. The molecule has 1 unspecified atom stereocenters. The Kier molecular flexibility index (Phi) is 5.43. The van der Waals surface area contributed by atoms with Gasteiger partial charge in [-0.2, -0.15) is 0 Å². The van der Waals surface area contributed by atoms with Crippen molar-refractivity contribution in [3.63, 3.8) is 0 Å². The molecule has 1 heterocycles. The fourth-order valence-electron chi connectivity index (χ4n) is 3.17. The molecule has 1 aliphatic rings. The molecule has 1 aliphatic heterocycles. The van der Waals surface area contributed by atoms with Crippen LogP contribution in [-0.2, 0) is 11.2 Å². The highest BCUT2D eigenvalue weighted by atomic mass is 16.2. The monoisotopic (exact) mass is 308 g/mol. The molecule has 0 radical (unpaired) electrons. The maximum atomic E-state index is 12.4. The quantitative estimate of drug-likeness (QED) is 0.889. The molecule has 23 heavy (non-hydrogen) atoms. The number of nitrogens with zero attached hydrogens (tertiary/aromatic N) is 1. The van der Waals surface area contributed by atoms with Crippen LogP contribution in [0.25, 0.3) is 0 Å². The van der Waals surface area contributed by atoms with Crippen molar-refractivity contribution < 1.29 is 4.79 Å². The number of nitrogens with one attached hydrogen (secondary N) is 1. The van der Waals surface area contributed by atoms with Crippen molar-refractivity contribution in [2.75, 3.05) is 19.6 Å². The first-order valence-electron chi connectivity index (χ1n) is 8.42. The first kappa shape index (κ1) is 15.8. The van der Waals surface area contributed by atoms with Gasteiger partial charge in [0.1, 0.15) is 0 Å². The van der Waals surface area contributed by atoms with Gasteiger partial charge in [-0.3, -0.25) is 9.69 Å². The van der Waals surface area contributed by atoms with Gasteiger partial charge in [0, 0.05) is 0 Å². The summed E-state index contributed by atoms with van der Waals surface area (Å²) in [4.78, 5) is 14.7. The summed E-state index contributed by atoms with van der Waals surface area (Å²) in [6, 6.07) is 20.6. The predicted molar refractivity (Wildman–Crippen MR) is 93.1 cm³/mol. The smallest absolute Gasteiger partial charge is 0.234 e. The average molecular weight is 308 g/mol. The van der Waals surface area contributed by atoms with Gasteiger partial charge in [0.05, 0.1) is 12.6 Å². The second kappa shape index (κ2) is 7.93. The van der Waals surface area contributed by atoms with Crippen molar-refractivity contribution in [3.8, 4) is 0 Å². The van der Waals surface area contributed by atoms with Crippen LogP contribution in [0.5, 0.6) is 0 Å². The van der Waals surface area contributed by atoms with E-state index in [9.17, 15) is 4.79 Å². The Bertz CT molecular complexity index is 606. The van der Waals surface area contributed by atoms with E-state index in [0.717, 1.165) is 25.1 Å². The molecule has 120 valence electrons. The molecule has 1 saturated heterocycles. The van der Waals surface area contributed by atoms with E-state index in [0.29, 0.717) is 6.54 Å². The van der Waals surface area contributed by atoms with Crippen LogP contribution >= 0.6 is 0 Å². The lowest BCUT2D eigenvalue weighted by Gasteiger charge is -2.21. The number of hydrogen-bond donors (Lipinski definition) is 1. The van der Waals surface area contributed by atoms with Crippen LogP contribution in [-0.4, -0.2) is 30.4 Å². The van der Waals surface area contributed by atoms with Crippen molar-refractivity contribution >= 4 is 5.91 Å². The van der Waals surface area contributed by atoms with Gasteiger partial charge in [-0.1, -0.05) is 60.7 Å². The van der Waals surface area contributed by atoms with E-state index in [4.69, 9.17) is 0 Å². The third kappa shape index (κ3) is 4.67. The zero-order valence-electron chi connectivity index (χ0n) is 13.4. The van der Waals surface area contributed by atoms with Gasteiger partial charge < -0.3 is 5.32 Å². The van der Waals surface area contributed by atoms with Gasteiger partial charge in [0.15, 0.2) is 0 Å². The summed E-state index contributed by atoms with van der Waals surface area (Å²) >= 11 is 0. The van der Waals surface area contributed by atoms with Gasteiger partial charge >= 0.3 is 0 Å². The van der Waals surface area contributed by atoms with Crippen LogP contribution < -0.4 is 5.32 Å². The van der Waals surface area contributed by atoms with E-state index < -0.39 is 0 Å². The first-order chi connectivity index (χ1) is 11.3. The van der Waals surface area contributed by atoms with E-state index >= 15 is 0 Å². The van der Waals surface area contributed by atoms with Gasteiger partial charge in [0.2, 0.25) is 5.91 Å². The lowest BCUT2D eigenvalue weighted by atomic mass is 9.99. The molecule has 1 N–H and O–H groups in total. The van der Waals surface area contributed by atoms with Crippen molar-refractivity contribution in [1.29, 1.82) is 0 Å². The van der Waals surface area contributed by atoms with Crippen LogP contribution in [0.2, 0.25) is 0 Å². The Morgan fingerprint density at radius 3 is 2.22 bits per heavy atom. The SMILES string of the molecule is O=C(CN1CCCC1)NC(Cc1ccccc1)c1ccccc1. The number of hydrogen-bond acceptors (Lipinski definition) is 2. The second-order valence-electron chi connectivity index (χ2n) is 6.20. The summed E-state index contributed by atoms with van der Waals surface area (Å²) in [5.41, 5.74) is 2.40. The van der Waals surface area contributed by atoms with E-state index in [-0.39, 0.29) is 11.9 Å². The molecule has 0 spiro atoms. The minimum Gasteiger partial charge on any atom is -0.348 e. The molecule has 0 bridgehead atoms. The van der Waals surface area contributed by atoms with Gasteiger partial charge in [-0.15, -0.1) is 0 Å². The molecule has 3 heteroatoms. The third-order valence-electron chi connectivity index (χ3n) is 4.39. The van der Waals surface area contributed by atoms with Crippen LogP contribution in [0.1, 0.15) is 30.0 Å². The van der Waals surface area contributed by atoms with Gasteiger partial charge in [-0.25, -0.2) is 0 Å². The molecule has 3 nitrogen and oxygen atoms in total. The van der Waals surface area contributed by atoms with Crippen LogP contribution in [0, 0.1) is 0 Å². The molecule has 2 aromatic carbocycles. The molecule has 0 aromatic heterocycles. The topological polar surface area (TPSA) is 32.3 Å². The largest absolute Gasteiger partial charge is 0.348 e. The highest BCUT2D eigenvalue weighted by Gasteiger charge is 2.19. The summed E-state index contributed by atoms with van der Waals surface area (Å²) in [6.45, 7) is 2.60. The molecule has 1 fully saturated rings. The Hall–Kier alpha value is -2.13. The maximum Gasteiger partial charge on any atom is 0.234 e. The summed E-state index contributed by atoms with van der Waals surface area (Å²) < 4.78 is 0. The number of carbonyl (C=O) groups excluding carboxylic acids is 1. The lowest BCUT2D eigenvalue weighted by Crippen LogP contribution is -2.38. The molecule has 1 amide bonds. The number of amides is 1. The fraction of sp³-hybridized carbons (Fsp3) is 0.350. The Morgan fingerprint density at radius 1 is 0.957 bits per heavy atom. The zero-order valence-corrected chi connectivity index (χ0v) is 13.4. The van der Waals surface area contributed by atoms with Crippen LogP contribution in [0.3, 0.4) is 0 Å². The number of rotatable bonds is 6. The minimum atomic E-state index is 0.0219. The lowest BCUT2D eigenvalue weighted by molar-refractivity contribution is -0.122. The average Bonchev–Trinajstić information content (AvgIpc) is 3.09. The molecular formula is C20H24N2O. The van der Waals surface area contributed by atoms with Crippen molar-refractivity contribution in [3.05, 3.63) is 71.8 Å². The molecule has 1 atom stereocenters. The molecule has 0 saturated carbocycles. The first-order valence-corrected chi connectivity index (χ1v) is 8.42. The standard InChI is InChI=1S/C20H24N2O/c23-20(16-22-13-7-8-14-22)21-19(18-11-5-2-6-12-18)15-17-9-3-1-4-10-17/h1-6,9-12,19H,7-8,13-16H2,(H,21,23). The summed E-state index contributed by atoms with van der Waals surface area (Å²) in [6.07, 6.45) is 3.23. The summed E-state index contributed by atoms with van der Waals surface area (Å²) in [7, 11) is 0. The van der Waals surface area contributed by atoms with E-state index in [2.05, 4.69) is 34.5 Å². The second-order valence-corrected chi connectivity index (χ2v) is 6.20. The zero-order chi connectivity index (χ0) is 15.9. The van der Waals surface area contributed by atoms with Crippen molar-refractivity contribution in [2.24, 2.45) is 0 Å². The maximum absolute atomic E-state index is 12.4. The molecular weight excluding hydrogens is 284 g/mol. The Morgan fingerprint density at radius 2 is 1.57 bits per heavy atom. The molecule has 3 rings (SSSR count). The summed E-state index contributed by atoms with van der Waals surface area (Å²) in [5, 5.41) is 3.23. The number of carbonyl (C=O) groups is 1. The normalized spacial score (nSPS) is 16.2. The van der Waals surface area contributed by atoms with E-state index in [1.54, 1.807) is 0 Å². The molecule has 0 aliphatic carbocycles. The third-order valence-corrected chi connectivity index (χ3v) is 4.39. The number of benzene rings is 2. The Labute approximate surface area is 138 Å². The summed E-state index contributed by atoms with van der Waals surface area (Å²) in [5.74, 6) is 0.122. The minimum absolute atomic E-state index is 0.0219. The fourth-order valence-corrected chi connectivity index (χ4v) is 3.17. The van der Waals surface area contributed by atoms with Crippen LogP contribution in [0.15, 0.2) is 60.7 Å². The van der Waals surface area contributed by atoms with Crippen LogP contribution in [0.4, 0.5) is 0 Å². The molecule has 2 aromatic rings. The van der Waals surface area contributed by atoms with Gasteiger partial charge in [-0.05, 0) is 43.5 Å².